The molecule has 0 aliphatic heterocycles. The number of para-hydroxylation sites is 1. The zero-order valence-corrected chi connectivity index (χ0v) is 12.9. The van der Waals surface area contributed by atoms with Crippen LogP contribution in [0.5, 0.6) is 0 Å². The summed E-state index contributed by atoms with van der Waals surface area (Å²) in [7, 11) is 1.99. The predicted octanol–water partition coefficient (Wildman–Crippen LogP) is 2.92. The smallest absolute Gasteiger partial charge is 0.130 e. The maximum absolute atomic E-state index is 9.32. The van der Waals surface area contributed by atoms with Gasteiger partial charge in [-0.25, -0.2) is 4.98 Å². The van der Waals surface area contributed by atoms with Gasteiger partial charge in [0.2, 0.25) is 0 Å². The van der Waals surface area contributed by atoms with Crippen molar-refractivity contribution in [3.05, 3.63) is 35.9 Å². The second-order valence-electron chi connectivity index (χ2n) is 5.78. The lowest BCUT2D eigenvalue weighted by Gasteiger charge is -2.22. The van der Waals surface area contributed by atoms with E-state index in [1.165, 1.54) is 0 Å². The van der Waals surface area contributed by atoms with E-state index in [4.69, 9.17) is 5.73 Å². The highest BCUT2D eigenvalue weighted by molar-refractivity contribution is 5.86. The molecule has 0 aliphatic rings. The minimum Gasteiger partial charge on any atom is -0.360 e. The van der Waals surface area contributed by atoms with Gasteiger partial charge >= 0.3 is 0 Å². The number of hydrogen-bond donors (Lipinski definition) is 1. The van der Waals surface area contributed by atoms with Crippen LogP contribution in [0.15, 0.2) is 30.3 Å². The normalized spacial score (nSPS) is 12.4. The van der Waals surface area contributed by atoms with E-state index in [0.29, 0.717) is 11.5 Å². The molecule has 1 unspecified atom stereocenters. The van der Waals surface area contributed by atoms with Crippen molar-refractivity contribution in [3.8, 4) is 6.07 Å². The molecule has 2 N–H and O–H groups in total. The highest BCUT2D eigenvalue weighted by Crippen LogP contribution is 2.22. The Hall–Kier alpha value is -2.12. The first-order valence-corrected chi connectivity index (χ1v) is 7.29. The minimum absolute atomic E-state index is 0.184. The average Bonchev–Trinajstić information content (AvgIpc) is 2.50. The molecule has 0 saturated heterocycles. The molecule has 0 radical (unpaired) electrons. The molecule has 0 amide bonds. The van der Waals surface area contributed by atoms with E-state index in [-0.39, 0.29) is 6.04 Å². The number of nitrogens with two attached hydrogens (primary N) is 1. The van der Waals surface area contributed by atoms with E-state index >= 15 is 0 Å². The van der Waals surface area contributed by atoms with Crippen LogP contribution in [0.3, 0.4) is 0 Å². The van der Waals surface area contributed by atoms with Gasteiger partial charge in [-0.3, -0.25) is 0 Å². The Morgan fingerprint density at radius 2 is 2.05 bits per heavy atom. The number of hydrogen-bond acceptors (Lipinski definition) is 4. The topological polar surface area (TPSA) is 65.9 Å². The second kappa shape index (κ2) is 6.55. The van der Waals surface area contributed by atoms with Crippen LogP contribution in [0.2, 0.25) is 0 Å². The largest absolute Gasteiger partial charge is 0.360 e. The van der Waals surface area contributed by atoms with E-state index in [9.17, 15) is 5.26 Å². The fourth-order valence-corrected chi connectivity index (χ4v) is 2.24. The van der Waals surface area contributed by atoms with Crippen molar-refractivity contribution in [2.24, 2.45) is 11.7 Å². The Kier molecular flexibility index (Phi) is 4.77. The third-order valence-corrected chi connectivity index (χ3v) is 3.87. The fourth-order valence-electron chi connectivity index (χ4n) is 2.24. The van der Waals surface area contributed by atoms with Crippen molar-refractivity contribution in [2.75, 3.05) is 18.5 Å². The molecule has 2 rings (SSSR count). The van der Waals surface area contributed by atoms with Gasteiger partial charge in [-0.15, -0.1) is 0 Å². The van der Waals surface area contributed by atoms with Crippen LogP contribution < -0.4 is 10.6 Å². The molecule has 4 heteroatoms. The molecule has 0 saturated carbocycles. The Labute approximate surface area is 126 Å². The first-order valence-electron chi connectivity index (χ1n) is 7.29. The molecule has 2 aromatic rings. The fraction of sp³-hybridized carbons (Fsp3) is 0.412. The van der Waals surface area contributed by atoms with Crippen molar-refractivity contribution in [1.82, 2.24) is 4.98 Å². The third-order valence-electron chi connectivity index (χ3n) is 3.87. The van der Waals surface area contributed by atoms with Crippen LogP contribution in [0, 0.1) is 17.2 Å². The molecular formula is C17H22N4. The lowest BCUT2D eigenvalue weighted by molar-refractivity contribution is 0.466. The molecular weight excluding hydrogens is 260 g/mol. The molecule has 0 aliphatic carbocycles. The summed E-state index contributed by atoms with van der Waals surface area (Å²) in [4.78, 5) is 6.71. The summed E-state index contributed by atoms with van der Waals surface area (Å²) in [6, 6.07) is 12.0. The number of rotatable bonds is 5. The number of nitriles is 1. The zero-order valence-electron chi connectivity index (χ0n) is 12.9. The Bertz CT molecular complexity index is 657. The Balaban J connectivity index is 2.24. The molecule has 0 bridgehead atoms. The van der Waals surface area contributed by atoms with Gasteiger partial charge in [0.15, 0.2) is 0 Å². The van der Waals surface area contributed by atoms with Crippen LogP contribution in [0.4, 0.5) is 5.82 Å². The maximum Gasteiger partial charge on any atom is 0.130 e. The number of pyridine rings is 1. The van der Waals surface area contributed by atoms with Crippen molar-refractivity contribution >= 4 is 16.7 Å². The van der Waals surface area contributed by atoms with E-state index in [1.807, 2.05) is 37.4 Å². The SMILES string of the molecule is CC(C)C(N)CCN(C)c1cc(C#N)c2ccccc2n1. The Morgan fingerprint density at radius 1 is 1.33 bits per heavy atom. The summed E-state index contributed by atoms with van der Waals surface area (Å²) in [6.45, 7) is 5.09. The molecule has 1 aromatic carbocycles. The highest BCUT2D eigenvalue weighted by Gasteiger charge is 2.12. The molecule has 1 atom stereocenters. The summed E-state index contributed by atoms with van der Waals surface area (Å²) in [5.41, 5.74) is 7.61. The number of benzene rings is 1. The van der Waals surface area contributed by atoms with Crippen molar-refractivity contribution in [1.29, 1.82) is 5.26 Å². The van der Waals surface area contributed by atoms with Crippen molar-refractivity contribution < 1.29 is 0 Å². The predicted molar refractivity (Wildman–Crippen MR) is 87.2 cm³/mol. The monoisotopic (exact) mass is 282 g/mol. The quantitative estimate of drug-likeness (QED) is 0.915. The molecule has 0 spiro atoms. The van der Waals surface area contributed by atoms with E-state index in [1.54, 1.807) is 0 Å². The van der Waals surface area contributed by atoms with Crippen molar-refractivity contribution in [2.45, 2.75) is 26.3 Å². The van der Waals surface area contributed by atoms with Crippen LogP contribution in [-0.2, 0) is 0 Å². The van der Waals surface area contributed by atoms with Gasteiger partial charge in [0, 0.05) is 25.0 Å². The van der Waals surface area contributed by atoms with Gasteiger partial charge in [0.05, 0.1) is 17.1 Å². The lowest BCUT2D eigenvalue weighted by Crippen LogP contribution is -2.32. The van der Waals surface area contributed by atoms with Crippen LogP contribution >= 0.6 is 0 Å². The van der Waals surface area contributed by atoms with E-state index < -0.39 is 0 Å². The van der Waals surface area contributed by atoms with Gasteiger partial charge in [0.25, 0.3) is 0 Å². The molecule has 4 nitrogen and oxygen atoms in total. The zero-order chi connectivity index (χ0) is 15.4. The number of anilines is 1. The highest BCUT2D eigenvalue weighted by atomic mass is 15.2. The van der Waals surface area contributed by atoms with Crippen molar-refractivity contribution in [3.63, 3.8) is 0 Å². The minimum atomic E-state index is 0.184. The third kappa shape index (κ3) is 3.50. The lowest BCUT2D eigenvalue weighted by atomic mass is 10.0. The van der Waals surface area contributed by atoms with Gasteiger partial charge in [-0.05, 0) is 24.5 Å². The van der Waals surface area contributed by atoms with Gasteiger partial charge in [-0.1, -0.05) is 32.0 Å². The summed E-state index contributed by atoms with van der Waals surface area (Å²) >= 11 is 0. The summed E-state index contributed by atoms with van der Waals surface area (Å²) in [5, 5.41) is 10.2. The molecule has 1 heterocycles. The van der Waals surface area contributed by atoms with E-state index in [2.05, 4.69) is 29.8 Å². The number of aromatic nitrogens is 1. The maximum atomic E-state index is 9.32. The van der Waals surface area contributed by atoms with Crippen LogP contribution in [0.25, 0.3) is 10.9 Å². The second-order valence-corrected chi connectivity index (χ2v) is 5.78. The number of nitrogens with zero attached hydrogens (tertiary/aromatic N) is 3. The Morgan fingerprint density at radius 3 is 2.71 bits per heavy atom. The standard InChI is InChI=1S/C17H22N4/c1-12(2)15(19)8-9-21(3)17-10-13(11-18)14-6-4-5-7-16(14)20-17/h4-7,10,12,15H,8-9,19H2,1-3H3. The molecule has 0 fully saturated rings. The van der Waals surface area contributed by atoms with E-state index in [0.717, 1.165) is 29.7 Å². The summed E-state index contributed by atoms with van der Waals surface area (Å²) in [5.74, 6) is 1.29. The van der Waals surface area contributed by atoms with Crippen LogP contribution in [0.1, 0.15) is 25.8 Å². The molecule has 21 heavy (non-hydrogen) atoms. The van der Waals surface area contributed by atoms with Crippen LogP contribution in [-0.4, -0.2) is 24.6 Å². The molecule has 110 valence electrons. The van der Waals surface area contributed by atoms with Gasteiger partial charge in [0.1, 0.15) is 5.82 Å². The number of fused-ring (bicyclic) bond motifs is 1. The average molecular weight is 282 g/mol. The molecule has 1 aromatic heterocycles. The van der Waals surface area contributed by atoms with Gasteiger partial charge < -0.3 is 10.6 Å². The summed E-state index contributed by atoms with van der Waals surface area (Å²) in [6.07, 6.45) is 0.907. The summed E-state index contributed by atoms with van der Waals surface area (Å²) < 4.78 is 0. The van der Waals surface area contributed by atoms with Gasteiger partial charge in [-0.2, -0.15) is 5.26 Å². The first-order chi connectivity index (χ1) is 10.0. The first kappa shape index (κ1) is 15.3.